The lowest BCUT2D eigenvalue weighted by Gasteiger charge is -2.40. The Kier molecular flexibility index (Phi) is 1.09. The highest BCUT2D eigenvalue weighted by Crippen LogP contribution is 2.50. The molecule has 0 atom stereocenters. The fourth-order valence-electron chi connectivity index (χ4n) is 1.82. The van der Waals surface area contributed by atoms with Crippen LogP contribution in [-0.4, -0.2) is 23.2 Å². The minimum atomic E-state index is 0.0392. The van der Waals surface area contributed by atoms with Gasteiger partial charge in [-0.25, -0.2) is 4.98 Å². The smallest absolute Gasteiger partial charge is 0.128 e. The van der Waals surface area contributed by atoms with Crippen molar-refractivity contribution in [2.45, 2.75) is 0 Å². The quantitative estimate of drug-likeness (QED) is 0.698. The summed E-state index contributed by atoms with van der Waals surface area (Å²) in [5.41, 5.74) is 0.0392. The van der Waals surface area contributed by atoms with Crippen molar-refractivity contribution in [3.63, 3.8) is 0 Å². The topological polar surface area (TPSA) is 36.4 Å². The zero-order valence-corrected chi connectivity index (χ0v) is 7.14. The van der Waals surface area contributed by atoms with Crippen molar-refractivity contribution in [3.05, 3.63) is 36.2 Å². The molecule has 3 nitrogen and oxygen atoms in total. The van der Waals surface area contributed by atoms with Gasteiger partial charge in [-0.2, -0.15) is 0 Å². The summed E-state index contributed by atoms with van der Waals surface area (Å²) in [6.45, 7) is 1.77. The molecule has 2 aliphatic rings. The Morgan fingerprint density at radius 1 is 1.38 bits per heavy atom. The lowest BCUT2D eigenvalue weighted by molar-refractivity contribution is 0.300. The molecular formula is C10H10N2O. The predicted octanol–water partition coefficient (Wildman–Crippen LogP) is 1.34. The number of aliphatic hydroxyl groups excluding tert-OH is 1. The molecule has 1 N–H and O–H groups in total. The van der Waals surface area contributed by atoms with Crippen LogP contribution in [0.5, 0.6) is 0 Å². The number of rotatable bonds is 1. The van der Waals surface area contributed by atoms with E-state index in [2.05, 4.69) is 9.88 Å². The van der Waals surface area contributed by atoms with Crippen molar-refractivity contribution >= 4 is 5.82 Å². The van der Waals surface area contributed by atoms with Crippen LogP contribution in [0.3, 0.4) is 0 Å². The first-order chi connectivity index (χ1) is 6.30. The number of aliphatic hydroxyl groups is 1. The van der Waals surface area contributed by atoms with Gasteiger partial charge in [-0.15, -0.1) is 0 Å². The van der Waals surface area contributed by atoms with Crippen LogP contribution in [0.4, 0.5) is 5.82 Å². The van der Waals surface area contributed by atoms with Gasteiger partial charge in [-0.1, -0.05) is 6.07 Å². The van der Waals surface area contributed by atoms with Crippen LogP contribution < -0.4 is 4.90 Å². The number of nitrogens with zero attached hydrogens (tertiary/aromatic N) is 2. The highest BCUT2D eigenvalue weighted by Gasteiger charge is 2.54. The second-order valence-corrected chi connectivity index (χ2v) is 3.73. The molecule has 1 saturated heterocycles. The standard InChI is InChI=1S/C10H10N2O/c13-8-5-10(8)6-12(7-10)9-3-1-2-4-11-9/h1-5,13H,6-7H2. The van der Waals surface area contributed by atoms with E-state index in [9.17, 15) is 5.11 Å². The van der Waals surface area contributed by atoms with Crippen molar-refractivity contribution in [1.82, 2.24) is 4.98 Å². The average Bonchev–Trinajstić information content (AvgIpc) is 2.76. The van der Waals surface area contributed by atoms with E-state index in [-0.39, 0.29) is 5.41 Å². The number of anilines is 1. The Bertz CT molecular complexity index is 366. The molecule has 1 fully saturated rings. The number of hydrogen-bond donors (Lipinski definition) is 1. The zero-order chi connectivity index (χ0) is 8.89. The molecule has 0 saturated carbocycles. The average molecular weight is 174 g/mol. The molecule has 1 aliphatic carbocycles. The SMILES string of the molecule is OC1=CC12CN(c1ccccn1)C2. The van der Waals surface area contributed by atoms with Gasteiger partial charge in [-0.05, 0) is 18.2 Å². The van der Waals surface area contributed by atoms with Gasteiger partial charge in [0.1, 0.15) is 11.6 Å². The third-order valence-electron chi connectivity index (χ3n) is 2.76. The molecule has 0 aromatic carbocycles. The molecule has 3 heteroatoms. The fourth-order valence-corrected chi connectivity index (χ4v) is 1.82. The second kappa shape index (κ2) is 2.05. The van der Waals surface area contributed by atoms with E-state index < -0.39 is 0 Å². The molecule has 0 bridgehead atoms. The lowest BCUT2D eigenvalue weighted by atomic mass is 9.93. The Morgan fingerprint density at radius 3 is 2.69 bits per heavy atom. The van der Waals surface area contributed by atoms with Crippen LogP contribution in [0.1, 0.15) is 0 Å². The fraction of sp³-hybridized carbons (Fsp3) is 0.300. The summed E-state index contributed by atoms with van der Waals surface area (Å²) < 4.78 is 0. The first-order valence-corrected chi connectivity index (χ1v) is 4.38. The number of aromatic nitrogens is 1. The largest absolute Gasteiger partial charge is 0.512 e. The highest BCUT2D eigenvalue weighted by molar-refractivity contribution is 5.52. The third-order valence-corrected chi connectivity index (χ3v) is 2.76. The Hall–Kier alpha value is -1.51. The Morgan fingerprint density at radius 2 is 2.15 bits per heavy atom. The molecule has 13 heavy (non-hydrogen) atoms. The molecule has 1 spiro atoms. The van der Waals surface area contributed by atoms with E-state index in [1.54, 1.807) is 6.20 Å². The van der Waals surface area contributed by atoms with E-state index in [1.165, 1.54) is 0 Å². The number of pyridine rings is 1. The second-order valence-electron chi connectivity index (χ2n) is 3.73. The van der Waals surface area contributed by atoms with Gasteiger partial charge in [0.15, 0.2) is 0 Å². The molecule has 1 aromatic heterocycles. The van der Waals surface area contributed by atoms with E-state index in [0.717, 1.165) is 18.9 Å². The monoisotopic (exact) mass is 174 g/mol. The first kappa shape index (κ1) is 6.95. The molecule has 3 rings (SSSR count). The van der Waals surface area contributed by atoms with Gasteiger partial charge in [0.05, 0.1) is 5.41 Å². The molecule has 1 aromatic rings. The van der Waals surface area contributed by atoms with Crippen LogP contribution in [0.15, 0.2) is 36.2 Å². The molecule has 1 aliphatic heterocycles. The molecule has 2 heterocycles. The van der Waals surface area contributed by atoms with Gasteiger partial charge in [0.25, 0.3) is 0 Å². The highest BCUT2D eigenvalue weighted by atomic mass is 16.3. The minimum absolute atomic E-state index is 0.0392. The molecule has 66 valence electrons. The third kappa shape index (κ3) is 0.869. The minimum Gasteiger partial charge on any atom is -0.512 e. The van der Waals surface area contributed by atoms with Crippen LogP contribution in [0.2, 0.25) is 0 Å². The molecule has 0 unspecified atom stereocenters. The van der Waals surface area contributed by atoms with Crippen molar-refractivity contribution in [2.75, 3.05) is 18.0 Å². The zero-order valence-electron chi connectivity index (χ0n) is 7.14. The Labute approximate surface area is 76.3 Å². The summed E-state index contributed by atoms with van der Waals surface area (Å²) in [5.74, 6) is 1.56. The van der Waals surface area contributed by atoms with Crippen molar-refractivity contribution in [3.8, 4) is 0 Å². The van der Waals surface area contributed by atoms with Gasteiger partial charge < -0.3 is 10.0 Å². The summed E-state index contributed by atoms with van der Waals surface area (Å²) in [6, 6.07) is 5.88. The van der Waals surface area contributed by atoms with Crippen LogP contribution in [0, 0.1) is 5.41 Å². The van der Waals surface area contributed by atoms with Gasteiger partial charge >= 0.3 is 0 Å². The van der Waals surface area contributed by atoms with E-state index in [1.807, 2.05) is 24.3 Å². The lowest BCUT2D eigenvalue weighted by Crippen LogP contribution is -2.50. The van der Waals surface area contributed by atoms with Crippen LogP contribution in [0.25, 0.3) is 0 Å². The van der Waals surface area contributed by atoms with Crippen molar-refractivity contribution < 1.29 is 5.11 Å². The summed E-state index contributed by atoms with van der Waals surface area (Å²) in [5, 5.41) is 9.22. The first-order valence-electron chi connectivity index (χ1n) is 4.38. The maximum Gasteiger partial charge on any atom is 0.128 e. The van der Waals surface area contributed by atoms with Crippen LogP contribution in [-0.2, 0) is 0 Å². The summed E-state index contributed by atoms with van der Waals surface area (Å²) >= 11 is 0. The summed E-state index contributed by atoms with van der Waals surface area (Å²) in [4.78, 5) is 6.41. The maximum absolute atomic E-state index is 9.22. The van der Waals surface area contributed by atoms with E-state index in [0.29, 0.717) is 5.76 Å². The number of hydrogen-bond acceptors (Lipinski definition) is 3. The summed E-state index contributed by atoms with van der Waals surface area (Å²) in [6.07, 6.45) is 3.72. The van der Waals surface area contributed by atoms with Gasteiger partial charge in [0.2, 0.25) is 0 Å². The predicted molar refractivity (Wildman–Crippen MR) is 49.6 cm³/mol. The van der Waals surface area contributed by atoms with Crippen molar-refractivity contribution in [2.24, 2.45) is 5.41 Å². The van der Waals surface area contributed by atoms with Gasteiger partial charge in [0, 0.05) is 19.3 Å². The van der Waals surface area contributed by atoms with E-state index in [4.69, 9.17) is 0 Å². The Balaban J connectivity index is 1.72. The van der Waals surface area contributed by atoms with Crippen molar-refractivity contribution in [1.29, 1.82) is 0 Å². The summed E-state index contributed by atoms with van der Waals surface area (Å²) in [7, 11) is 0. The maximum atomic E-state index is 9.22. The van der Waals surface area contributed by atoms with Gasteiger partial charge in [-0.3, -0.25) is 0 Å². The molecule has 0 radical (unpaired) electrons. The normalized spacial score (nSPS) is 22.5. The molecular weight excluding hydrogens is 164 g/mol. The molecule has 0 amide bonds. The van der Waals surface area contributed by atoms with Crippen LogP contribution >= 0.6 is 0 Å². The van der Waals surface area contributed by atoms with E-state index >= 15 is 0 Å².